The minimum Gasteiger partial charge on any atom is -0.512 e. The Labute approximate surface area is 73.3 Å². The number of rotatable bonds is 1. The number of Topliss-reactive ketones (excluding diaryl/α,β-unsaturated/α-hetero) is 1. The highest BCUT2D eigenvalue weighted by molar-refractivity contribution is 5.96. The second-order valence-corrected chi connectivity index (χ2v) is 3.82. The summed E-state index contributed by atoms with van der Waals surface area (Å²) in [4.78, 5) is 11.2. The third kappa shape index (κ3) is 1.52. The number of hydrogen-bond donors (Lipinski definition) is 1. The molecule has 1 aliphatic rings. The highest BCUT2D eigenvalue weighted by Gasteiger charge is 2.27. The van der Waals surface area contributed by atoms with Gasteiger partial charge in [0.2, 0.25) is 0 Å². The lowest BCUT2D eigenvalue weighted by Crippen LogP contribution is -2.21. The summed E-state index contributed by atoms with van der Waals surface area (Å²) in [5, 5.41) is 9.64. The average Bonchev–Trinajstić information content (AvgIpc) is 2.00. The number of carbonyl (C=O) groups excluding carboxylic acids is 1. The summed E-state index contributed by atoms with van der Waals surface area (Å²) in [7, 11) is 0. The SMILES string of the molecule is CC1=C(O)C(C(C)C)CCC1=O. The molecule has 2 heteroatoms. The maximum absolute atomic E-state index is 11.2. The summed E-state index contributed by atoms with van der Waals surface area (Å²) in [6.07, 6.45) is 1.40. The Morgan fingerprint density at radius 1 is 1.50 bits per heavy atom. The van der Waals surface area contributed by atoms with Crippen molar-refractivity contribution >= 4 is 5.78 Å². The Bertz CT molecular complexity index is 226. The number of ketones is 1. The van der Waals surface area contributed by atoms with Crippen molar-refractivity contribution in [3.63, 3.8) is 0 Å². The number of allylic oxidation sites excluding steroid dienone is 2. The van der Waals surface area contributed by atoms with Crippen molar-refractivity contribution in [2.75, 3.05) is 0 Å². The first-order valence-electron chi connectivity index (χ1n) is 4.47. The van der Waals surface area contributed by atoms with E-state index in [2.05, 4.69) is 13.8 Å². The molecule has 12 heavy (non-hydrogen) atoms. The summed E-state index contributed by atoms with van der Waals surface area (Å²) in [6.45, 7) is 5.86. The minimum absolute atomic E-state index is 0.101. The van der Waals surface area contributed by atoms with E-state index in [0.717, 1.165) is 6.42 Å². The van der Waals surface area contributed by atoms with Crippen LogP contribution in [0.1, 0.15) is 33.6 Å². The van der Waals surface area contributed by atoms with E-state index in [4.69, 9.17) is 0 Å². The summed E-state index contributed by atoms with van der Waals surface area (Å²) < 4.78 is 0. The van der Waals surface area contributed by atoms with Crippen LogP contribution in [0.25, 0.3) is 0 Å². The number of aliphatic hydroxyl groups excluding tert-OH is 1. The lowest BCUT2D eigenvalue weighted by Gasteiger charge is -2.25. The summed E-state index contributed by atoms with van der Waals surface area (Å²) in [5.41, 5.74) is 0.569. The second kappa shape index (κ2) is 3.30. The molecule has 0 aromatic carbocycles. The fourth-order valence-corrected chi connectivity index (χ4v) is 1.68. The van der Waals surface area contributed by atoms with Gasteiger partial charge in [0.05, 0.1) is 0 Å². The fraction of sp³-hybridized carbons (Fsp3) is 0.700. The quantitative estimate of drug-likeness (QED) is 0.653. The van der Waals surface area contributed by atoms with Crippen LogP contribution in [0.4, 0.5) is 0 Å². The summed E-state index contributed by atoms with van der Waals surface area (Å²) in [5.74, 6) is 1.04. The fourth-order valence-electron chi connectivity index (χ4n) is 1.68. The molecule has 2 nitrogen and oxygen atoms in total. The van der Waals surface area contributed by atoms with Gasteiger partial charge in [-0.15, -0.1) is 0 Å². The average molecular weight is 168 g/mol. The Hall–Kier alpha value is -0.790. The molecule has 1 atom stereocenters. The van der Waals surface area contributed by atoms with Gasteiger partial charge in [-0.3, -0.25) is 4.79 Å². The molecule has 0 saturated heterocycles. The minimum atomic E-state index is 0.101. The Balaban J connectivity index is 2.90. The first-order chi connectivity index (χ1) is 5.54. The van der Waals surface area contributed by atoms with E-state index in [9.17, 15) is 9.90 Å². The summed E-state index contributed by atoms with van der Waals surface area (Å²) in [6, 6.07) is 0. The number of hydrogen-bond acceptors (Lipinski definition) is 2. The number of aliphatic hydroxyl groups is 1. The molecule has 0 amide bonds. The van der Waals surface area contributed by atoms with E-state index in [-0.39, 0.29) is 11.7 Å². The molecule has 0 bridgehead atoms. The van der Waals surface area contributed by atoms with E-state index in [1.54, 1.807) is 6.92 Å². The molecule has 1 unspecified atom stereocenters. The predicted octanol–water partition coefficient (Wildman–Crippen LogP) is 2.45. The standard InChI is InChI=1S/C10H16O2/c1-6(2)8-4-5-9(11)7(3)10(8)12/h6,8,12H,4-5H2,1-3H3. The highest BCUT2D eigenvalue weighted by atomic mass is 16.3. The Morgan fingerprint density at radius 3 is 2.58 bits per heavy atom. The lowest BCUT2D eigenvalue weighted by atomic mass is 9.81. The Morgan fingerprint density at radius 2 is 2.08 bits per heavy atom. The monoisotopic (exact) mass is 168 g/mol. The lowest BCUT2D eigenvalue weighted by molar-refractivity contribution is -0.116. The molecule has 0 spiro atoms. The van der Waals surface area contributed by atoms with E-state index in [0.29, 0.717) is 23.7 Å². The van der Waals surface area contributed by atoms with Gasteiger partial charge in [0.1, 0.15) is 5.76 Å². The van der Waals surface area contributed by atoms with Gasteiger partial charge in [0.15, 0.2) is 5.78 Å². The topological polar surface area (TPSA) is 37.3 Å². The molecular weight excluding hydrogens is 152 g/mol. The van der Waals surface area contributed by atoms with Crippen LogP contribution in [0, 0.1) is 11.8 Å². The second-order valence-electron chi connectivity index (χ2n) is 3.82. The molecule has 1 rings (SSSR count). The molecule has 1 aliphatic carbocycles. The van der Waals surface area contributed by atoms with Crippen LogP contribution in [-0.4, -0.2) is 10.9 Å². The smallest absolute Gasteiger partial charge is 0.161 e. The molecule has 0 heterocycles. The molecule has 0 aromatic rings. The summed E-state index contributed by atoms with van der Waals surface area (Å²) >= 11 is 0. The zero-order valence-corrected chi connectivity index (χ0v) is 7.92. The van der Waals surface area contributed by atoms with Gasteiger partial charge in [-0.1, -0.05) is 13.8 Å². The van der Waals surface area contributed by atoms with Crippen molar-refractivity contribution in [1.29, 1.82) is 0 Å². The van der Waals surface area contributed by atoms with Gasteiger partial charge < -0.3 is 5.11 Å². The van der Waals surface area contributed by atoms with Crippen LogP contribution in [0.15, 0.2) is 11.3 Å². The van der Waals surface area contributed by atoms with Gasteiger partial charge >= 0.3 is 0 Å². The first kappa shape index (κ1) is 9.30. The Kier molecular flexibility index (Phi) is 2.55. The van der Waals surface area contributed by atoms with Crippen molar-refractivity contribution < 1.29 is 9.90 Å². The first-order valence-corrected chi connectivity index (χ1v) is 4.47. The van der Waals surface area contributed by atoms with Crippen LogP contribution < -0.4 is 0 Å². The van der Waals surface area contributed by atoms with E-state index < -0.39 is 0 Å². The highest BCUT2D eigenvalue weighted by Crippen LogP contribution is 2.31. The maximum atomic E-state index is 11.2. The third-order valence-electron chi connectivity index (χ3n) is 2.64. The maximum Gasteiger partial charge on any atom is 0.161 e. The van der Waals surface area contributed by atoms with Crippen LogP contribution in [0.2, 0.25) is 0 Å². The van der Waals surface area contributed by atoms with Crippen LogP contribution in [-0.2, 0) is 4.79 Å². The van der Waals surface area contributed by atoms with E-state index in [1.807, 2.05) is 0 Å². The zero-order chi connectivity index (χ0) is 9.30. The normalized spacial score (nSPS) is 25.3. The van der Waals surface area contributed by atoms with Crippen LogP contribution in [0.3, 0.4) is 0 Å². The predicted molar refractivity (Wildman–Crippen MR) is 47.9 cm³/mol. The zero-order valence-electron chi connectivity index (χ0n) is 7.92. The number of carbonyl (C=O) groups is 1. The largest absolute Gasteiger partial charge is 0.512 e. The van der Waals surface area contributed by atoms with E-state index in [1.165, 1.54) is 0 Å². The molecule has 0 saturated carbocycles. The van der Waals surface area contributed by atoms with Crippen LogP contribution in [0.5, 0.6) is 0 Å². The molecule has 0 radical (unpaired) electrons. The molecule has 0 aliphatic heterocycles. The van der Waals surface area contributed by atoms with Crippen molar-refractivity contribution in [2.24, 2.45) is 11.8 Å². The van der Waals surface area contributed by atoms with Crippen molar-refractivity contribution in [3.05, 3.63) is 11.3 Å². The van der Waals surface area contributed by atoms with Crippen molar-refractivity contribution in [2.45, 2.75) is 33.6 Å². The van der Waals surface area contributed by atoms with Gasteiger partial charge in [-0.2, -0.15) is 0 Å². The van der Waals surface area contributed by atoms with E-state index >= 15 is 0 Å². The van der Waals surface area contributed by atoms with Gasteiger partial charge in [0.25, 0.3) is 0 Å². The van der Waals surface area contributed by atoms with Crippen LogP contribution >= 0.6 is 0 Å². The van der Waals surface area contributed by atoms with Crippen molar-refractivity contribution in [1.82, 2.24) is 0 Å². The molecule has 68 valence electrons. The molecular formula is C10H16O2. The molecule has 0 fully saturated rings. The van der Waals surface area contributed by atoms with Gasteiger partial charge in [-0.05, 0) is 19.3 Å². The molecule has 1 N–H and O–H groups in total. The third-order valence-corrected chi connectivity index (χ3v) is 2.64. The van der Waals surface area contributed by atoms with Gasteiger partial charge in [0, 0.05) is 17.9 Å². The molecule has 0 aromatic heterocycles. The van der Waals surface area contributed by atoms with Crippen molar-refractivity contribution in [3.8, 4) is 0 Å². The van der Waals surface area contributed by atoms with Gasteiger partial charge in [-0.25, -0.2) is 0 Å².